The number of esters is 1. The number of hydrogen-bond donors (Lipinski definition) is 0. The summed E-state index contributed by atoms with van der Waals surface area (Å²) in [5.74, 6) is -0.0172. The molecule has 0 atom stereocenters. The highest BCUT2D eigenvalue weighted by atomic mass is 35.5. The second-order valence-corrected chi connectivity index (χ2v) is 5.81. The Kier molecular flexibility index (Phi) is 16.0. The third kappa shape index (κ3) is 11.0. The SMILES string of the molecule is CCCCCCCCCC(=O)OC[N+](CC)(CC)CC.[Cl-]. The molecule has 0 aromatic heterocycles. The van der Waals surface area contributed by atoms with E-state index < -0.39 is 0 Å². The van der Waals surface area contributed by atoms with E-state index in [1.807, 2.05) is 0 Å². The fourth-order valence-electron chi connectivity index (χ4n) is 2.45. The van der Waals surface area contributed by atoms with Gasteiger partial charge in [-0.15, -0.1) is 0 Å². The van der Waals surface area contributed by atoms with Crippen molar-refractivity contribution in [3.05, 3.63) is 0 Å². The van der Waals surface area contributed by atoms with Crippen LogP contribution in [0.3, 0.4) is 0 Å². The van der Waals surface area contributed by atoms with Gasteiger partial charge in [-0.1, -0.05) is 45.4 Å². The first kappa shape index (κ1) is 23.0. The smallest absolute Gasteiger partial charge is 0.310 e. The first-order valence-electron chi connectivity index (χ1n) is 8.64. The molecule has 0 saturated carbocycles. The normalized spacial score (nSPS) is 11.0. The van der Waals surface area contributed by atoms with E-state index in [-0.39, 0.29) is 18.4 Å². The van der Waals surface area contributed by atoms with Crippen LogP contribution in [0.5, 0.6) is 0 Å². The number of ether oxygens (including phenoxy) is 1. The van der Waals surface area contributed by atoms with Crippen LogP contribution in [-0.4, -0.2) is 36.8 Å². The fourth-order valence-corrected chi connectivity index (χ4v) is 2.45. The van der Waals surface area contributed by atoms with Gasteiger partial charge in [0.1, 0.15) is 0 Å². The van der Waals surface area contributed by atoms with Gasteiger partial charge in [0, 0.05) is 6.42 Å². The number of halogens is 1. The summed E-state index contributed by atoms with van der Waals surface area (Å²) in [6.07, 6.45) is 9.26. The van der Waals surface area contributed by atoms with E-state index >= 15 is 0 Å². The van der Waals surface area contributed by atoms with Crippen LogP contribution in [0.25, 0.3) is 0 Å². The number of carbonyl (C=O) groups is 1. The zero-order valence-corrected chi connectivity index (χ0v) is 15.4. The quantitative estimate of drug-likeness (QED) is 0.222. The van der Waals surface area contributed by atoms with Crippen LogP contribution >= 0.6 is 0 Å². The van der Waals surface area contributed by atoms with Crippen LogP contribution in [0.4, 0.5) is 0 Å². The summed E-state index contributed by atoms with van der Waals surface area (Å²) in [7, 11) is 0. The summed E-state index contributed by atoms with van der Waals surface area (Å²) in [5, 5.41) is 0. The second-order valence-electron chi connectivity index (χ2n) is 5.81. The molecule has 0 bridgehead atoms. The van der Waals surface area contributed by atoms with Gasteiger partial charge < -0.3 is 17.1 Å². The average Bonchev–Trinajstić information content (AvgIpc) is 2.48. The molecule has 0 amide bonds. The summed E-state index contributed by atoms with van der Waals surface area (Å²) in [4.78, 5) is 11.7. The van der Waals surface area contributed by atoms with Crippen molar-refractivity contribution < 1.29 is 26.4 Å². The van der Waals surface area contributed by atoms with Crippen LogP contribution in [0.2, 0.25) is 0 Å². The Morgan fingerprint density at radius 1 is 0.810 bits per heavy atom. The van der Waals surface area contributed by atoms with Gasteiger partial charge in [0.25, 0.3) is 0 Å². The fraction of sp³-hybridized carbons (Fsp3) is 0.941. The van der Waals surface area contributed by atoms with E-state index in [9.17, 15) is 4.79 Å². The molecule has 0 N–H and O–H groups in total. The van der Waals surface area contributed by atoms with Gasteiger partial charge in [-0.3, -0.25) is 9.28 Å². The minimum absolute atomic E-state index is 0. The third-order valence-corrected chi connectivity index (χ3v) is 4.50. The lowest BCUT2D eigenvalue weighted by atomic mass is 10.1. The van der Waals surface area contributed by atoms with Crippen molar-refractivity contribution in [2.24, 2.45) is 0 Å². The molecule has 0 fully saturated rings. The van der Waals surface area contributed by atoms with Crippen molar-refractivity contribution in [2.75, 3.05) is 26.4 Å². The summed E-state index contributed by atoms with van der Waals surface area (Å²) < 4.78 is 6.34. The molecule has 0 radical (unpaired) electrons. The van der Waals surface area contributed by atoms with Gasteiger partial charge in [-0.05, 0) is 27.2 Å². The summed E-state index contributed by atoms with van der Waals surface area (Å²) >= 11 is 0. The number of hydrogen-bond acceptors (Lipinski definition) is 2. The monoisotopic (exact) mass is 321 g/mol. The van der Waals surface area contributed by atoms with Crippen molar-refractivity contribution in [3.63, 3.8) is 0 Å². The van der Waals surface area contributed by atoms with Crippen molar-refractivity contribution in [1.29, 1.82) is 0 Å². The van der Waals surface area contributed by atoms with Gasteiger partial charge in [0.15, 0.2) is 0 Å². The van der Waals surface area contributed by atoms with Gasteiger partial charge in [0.05, 0.1) is 19.6 Å². The average molecular weight is 322 g/mol. The van der Waals surface area contributed by atoms with Crippen LogP contribution < -0.4 is 12.4 Å². The van der Waals surface area contributed by atoms with Gasteiger partial charge >= 0.3 is 5.97 Å². The largest absolute Gasteiger partial charge is 1.00 e. The number of nitrogens with zero attached hydrogens (tertiary/aromatic N) is 1. The number of unbranched alkanes of at least 4 members (excludes halogenated alkanes) is 6. The first-order chi connectivity index (χ1) is 9.64. The highest BCUT2D eigenvalue weighted by Crippen LogP contribution is 2.10. The molecule has 0 aromatic rings. The molecule has 3 nitrogen and oxygen atoms in total. The topological polar surface area (TPSA) is 26.3 Å². The minimum atomic E-state index is -0.0172. The van der Waals surface area contributed by atoms with Crippen LogP contribution in [0, 0.1) is 0 Å². The van der Waals surface area contributed by atoms with E-state index in [1.165, 1.54) is 32.1 Å². The molecule has 128 valence electrons. The van der Waals surface area contributed by atoms with Crippen LogP contribution in [-0.2, 0) is 9.53 Å². The maximum Gasteiger partial charge on any atom is 0.310 e. The predicted octanol–water partition coefficient (Wildman–Crippen LogP) is 1.51. The van der Waals surface area contributed by atoms with Crippen LogP contribution in [0.1, 0.15) is 79.1 Å². The Bertz CT molecular complexity index is 235. The highest BCUT2D eigenvalue weighted by molar-refractivity contribution is 5.69. The standard InChI is InChI=1S/C17H36NO2.ClH/c1-5-9-10-11-12-13-14-15-17(19)20-16-18(6-2,7-3)8-4;/h5-16H2,1-4H3;1H/q+1;/p-1. The molecule has 0 aliphatic rings. The Hall–Kier alpha value is -0.280. The maximum absolute atomic E-state index is 11.7. The van der Waals surface area contributed by atoms with Crippen molar-refractivity contribution in [3.8, 4) is 0 Å². The zero-order valence-electron chi connectivity index (χ0n) is 14.6. The lowest BCUT2D eigenvalue weighted by molar-refractivity contribution is -0.938. The summed E-state index contributed by atoms with van der Waals surface area (Å²) in [6, 6.07) is 0. The molecule has 0 aliphatic heterocycles. The Labute approximate surface area is 138 Å². The van der Waals surface area contributed by atoms with E-state index in [0.717, 1.165) is 37.0 Å². The van der Waals surface area contributed by atoms with E-state index in [4.69, 9.17) is 4.74 Å². The Balaban J connectivity index is 0. The van der Waals surface area contributed by atoms with Gasteiger partial charge in [0.2, 0.25) is 6.73 Å². The number of rotatable bonds is 13. The summed E-state index contributed by atoms with van der Waals surface area (Å²) in [6.45, 7) is 12.3. The van der Waals surface area contributed by atoms with Gasteiger partial charge in [-0.25, -0.2) is 0 Å². The lowest BCUT2D eigenvalue weighted by Crippen LogP contribution is -3.00. The molecule has 0 aliphatic carbocycles. The van der Waals surface area contributed by atoms with E-state index in [0.29, 0.717) is 13.2 Å². The summed E-state index contributed by atoms with van der Waals surface area (Å²) in [5.41, 5.74) is 0. The molecule has 4 heteroatoms. The highest BCUT2D eigenvalue weighted by Gasteiger charge is 2.22. The van der Waals surface area contributed by atoms with Crippen molar-refractivity contribution in [1.82, 2.24) is 0 Å². The second kappa shape index (κ2) is 14.6. The van der Waals surface area contributed by atoms with Gasteiger partial charge in [-0.2, -0.15) is 0 Å². The Morgan fingerprint density at radius 2 is 1.29 bits per heavy atom. The molecule has 21 heavy (non-hydrogen) atoms. The Morgan fingerprint density at radius 3 is 1.76 bits per heavy atom. The third-order valence-electron chi connectivity index (χ3n) is 4.50. The minimum Gasteiger partial charge on any atom is -1.00 e. The maximum atomic E-state index is 11.7. The molecule has 0 heterocycles. The molecule has 0 unspecified atom stereocenters. The molecule has 0 aromatic carbocycles. The van der Waals surface area contributed by atoms with Crippen molar-refractivity contribution >= 4 is 5.97 Å². The number of carbonyl (C=O) groups excluding carboxylic acids is 1. The molecule has 0 spiro atoms. The lowest BCUT2D eigenvalue weighted by Gasteiger charge is -2.34. The van der Waals surface area contributed by atoms with Crippen molar-refractivity contribution in [2.45, 2.75) is 79.1 Å². The predicted molar refractivity (Wildman–Crippen MR) is 85.5 cm³/mol. The molecular formula is C17H36ClNO2. The van der Waals surface area contributed by atoms with E-state index in [1.54, 1.807) is 0 Å². The zero-order chi connectivity index (χ0) is 15.3. The molecule has 0 rings (SSSR count). The first-order valence-corrected chi connectivity index (χ1v) is 8.64. The molecule has 0 saturated heterocycles. The van der Waals surface area contributed by atoms with E-state index in [2.05, 4.69) is 27.7 Å². The number of quaternary nitrogens is 1. The van der Waals surface area contributed by atoms with Crippen LogP contribution in [0.15, 0.2) is 0 Å². The molecular weight excluding hydrogens is 286 g/mol.